The Morgan fingerprint density at radius 2 is 1.76 bits per heavy atom. The number of nitrogens with zero attached hydrogens (tertiary/aromatic N) is 4. The Kier molecular flexibility index (Phi) is 4.42. The molecule has 0 aliphatic carbocycles. The first-order valence-corrected chi connectivity index (χ1v) is 6.66. The second-order valence-electron chi connectivity index (χ2n) is 5.03. The molecule has 0 aliphatic heterocycles. The predicted molar refractivity (Wildman–Crippen MR) is 84.1 cm³/mol. The lowest BCUT2D eigenvalue weighted by Gasteiger charge is -2.13. The van der Waals surface area contributed by atoms with Gasteiger partial charge in [0, 0.05) is 25.5 Å². The third-order valence-corrected chi connectivity index (χ3v) is 2.61. The second kappa shape index (κ2) is 6.25. The standard InChI is InChI=1S/C14H20N6O/c1-9(2)21-14-18-12(15)17-13(19-14)16-10-5-7-11(8-6-10)20(3)4/h5-9H,1-4H3,(H3,15,16,17,18,19). The van der Waals surface area contributed by atoms with E-state index in [0.29, 0.717) is 5.95 Å². The minimum Gasteiger partial charge on any atom is -0.461 e. The third-order valence-electron chi connectivity index (χ3n) is 2.61. The molecule has 1 aromatic heterocycles. The molecule has 0 bridgehead atoms. The van der Waals surface area contributed by atoms with Crippen LogP contribution in [0.15, 0.2) is 24.3 Å². The molecule has 0 saturated heterocycles. The number of aromatic nitrogens is 3. The van der Waals surface area contributed by atoms with Crippen LogP contribution in [0.5, 0.6) is 6.01 Å². The lowest BCUT2D eigenvalue weighted by Crippen LogP contribution is -2.12. The van der Waals surface area contributed by atoms with Gasteiger partial charge in [0.15, 0.2) is 0 Å². The van der Waals surface area contributed by atoms with E-state index < -0.39 is 0 Å². The number of nitrogens with one attached hydrogen (secondary N) is 1. The van der Waals surface area contributed by atoms with Crippen LogP contribution < -0.4 is 20.7 Å². The summed E-state index contributed by atoms with van der Waals surface area (Å²) in [5.41, 5.74) is 7.64. The molecule has 0 aliphatic rings. The molecule has 7 nitrogen and oxygen atoms in total. The Bertz CT molecular complexity index is 597. The fourth-order valence-electron chi connectivity index (χ4n) is 1.66. The van der Waals surface area contributed by atoms with Crippen molar-refractivity contribution in [3.63, 3.8) is 0 Å². The highest BCUT2D eigenvalue weighted by molar-refractivity contribution is 5.59. The van der Waals surface area contributed by atoms with Crippen LogP contribution >= 0.6 is 0 Å². The van der Waals surface area contributed by atoms with E-state index in [1.165, 1.54) is 0 Å². The average molecular weight is 288 g/mol. The Balaban J connectivity index is 2.16. The maximum atomic E-state index is 5.66. The molecule has 0 atom stereocenters. The van der Waals surface area contributed by atoms with Gasteiger partial charge in [0.1, 0.15) is 0 Å². The van der Waals surface area contributed by atoms with E-state index >= 15 is 0 Å². The van der Waals surface area contributed by atoms with Gasteiger partial charge in [-0.3, -0.25) is 0 Å². The zero-order valence-electron chi connectivity index (χ0n) is 12.7. The number of hydrogen-bond donors (Lipinski definition) is 2. The van der Waals surface area contributed by atoms with E-state index in [-0.39, 0.29) is 18.1 Å². The summed E-state index contributed by atoms with van der Waals surface area (Å²) in [6.45, 7) is 3.79. The van der Waals surface area contributed by atoms with Crippen molar-refractivity contribution < 1.29 is 4.74 Å². The molecule has 2 rings (SSSR count). The number of hydrogen-bond acceptors (Lipinski definition) is 7. The van der Waals surface area contributed by atoms with E-state index in [1.807, 2.05) is 57.1 Å². The molecule has 0 radical (unpaired) electrons. The molecular weight excluding hydrogens is 268 g/mol. The number of nitrogen functional groups attached to an aromatic ring is 1. The SMILES string of the molecule is CC(C)Oc1nc(N)nc(Nc2ccc(N(C)C)cc2)n1. The molecular formula is C14H20N6O. The molecule has 1 aromatic carbocycles. The Hall–Kier alpha value is -2.57. The van der Waals surface area contributed by atoms with Crippen LogP contribution in [-0.4, -0.2) is 35.2 Å². The highest BCUT2D eigenvalue weighted by atomic mass is 16.5. The molecule has 21 heavy (non-hydrogen) atoms. The molecule has 3 N–H and O–H groups in total. The van der Waals surface area contributed by atoms with E-state index in [0.717, 1.165) is 11.4 Å². The number of rotatable bonds is 5. The van der Waals surface area contributed by atoms with Gasteiger partial charge < -0.3 is 20.7 Å². The second-order valence-corrected chi connectivity index (χ2v) is 5.03. The van der Waals surface area contributed by atoms with Gasteiger partial charge in [-0.1, -0.05) is 0 Å². The van der Waals surface area contributed by atoms with E-state index in [9.17, 15) is 0 Å². The predicted octanol–water partition coefficient (Wildman–Crippen LogP) is 2.05. The van der Waals surface area contributed by atoms with E-state index in [2.05, 4.69) is 20.3 Å². The van der Waals surface area contributed by atoms with Gasteiger partial charge in [-0.05, 0) is 38.1 Å². The number of anilines is 4. The minimum atomic E-state index is -0.0287. The lowest BCUT2D eigenvalue weighted by atomic mass is 10.2. The molecule has 0 fully saturated rings. The molecule has 112 valence electrons. The van der Waals surface area contributed by atoms with Crippen LogP contribution in [0.3, 0.4) is 0 Å². The summed E-state index contributed by atoms with van der Waals surface area (Å²) in [7, 11) is 3.98. The normalized spacial score (nSPS) is 10.5. The summed E-state index contributed by atoms with van der Waals surface area (Å²) in [5, 5.41) is 3.08. The first-order valence-electron chi connectivity index (χ1n) is 6.66. The molecule has 0 saturated carbocycles. The first kappa shape index (κ1) is 14.8. The summed E-state index contributed by atoms with van der Waals surface area (Å²) in [6, 6.07) is 8.10. The van der Waals surface area contributed by atoms with Crippen molar-refractivity contribution in [2.24, 2.45) is 0 Å². The fourth-order valence-corrected chi connectivity index (χ4v) is 1.66. The largest absolute Gasteiger partial charge is 0.461 e. The van der Waals surface area contributed by atoms with Crippen molar-refractivity contribution in [1.29, 1.82) is 0 Å². The summed E-state index contributed by atoms with van der Waals surface area (Å²) in [5.74, 6) is 0.476. The average Bonchev–Trinajstić information content (AvgIpc) is 2.37. The zero-order chi connectivity index (χ0) is 15.4. The highest BCUT2D eigenvalue weighted by Gasteiger charge is 2.07. The van der Waals surface area contributed by atoms with Crippen LogP contribution in [0.1, 0.15) is 13.8 Å². The summed E-state index contributed by atoms with van der Waals surface area (Å²) in [6.07, 6.45) is -0.0287. The van der Waals surface area contributed by atoms with Crippen molar-refractivity contribution in [2.45, 2.75) is 20.0 Å². The zero-order valence-corrected chi connectivity index (χ0v) is 12.7. The van der Waals surface area contributed by atoms with Crippen molar-refractivity contribution >= 4 is 23.3 Å². The third kappa shape index (κ3) is 4.20. The Morgan fingerprint density at radius 3 is 2.33 bits per heavy atom. The maximum absolute atomic E-state index is 5.66. The Morgan fingerprint density at radius 1 is 1.10 bits per heavy atom. The molecule has 1 heterocycles. The van der Waals surface area contributed by atoms with Crippen molar-refractivity contribution in [1.82, 2.24) is 15.0 Å². The quantitative estimate of drug-likeness (QED) is 0.870. The van der Waals surface area contributed by atoms with Gasteiger partial charge in [0.25, 0.3) is 0 Å². The number of benzene rings is 1. The monoisotopic (exact) mass is 288 g/mol. The maximum Gasteiger partial charge on any atom is 0.323 e. The molecule has 0 spiro atoms. The van der Waals surface area contributed by atoms with E-state index in [1.54, 1.807) is 0 Å². The summed E-state index contributed by atoms with van der Waals surface area (Å²) < 4.78 is 5.44. The molecule has 7 heteroatoms. The van der Waals surface area contributed by atoms with Gasteiger partial charge in [0.2, 0.25) is 11.9 Å². The smallest absolute Gasteiger partial charge is 0.323 e. The number of nitrogens with two attached hydrogens (primary N) is 1. The summed E-state index contributed by atoms with van der Waals surface area (Å²) >= 11 is 0. The van der Waals surface area contributed by atoms with Gasteiger partial charge in [-0.15, -0.1) is 0 Å². The van der Waals surface area contributed by atoms with E-state index in [4.69, 9.17) is 10.5 Å². The topological polar surface area (TPSA) is 89.2 Å². The van der Waals surface area contributed by atoms with Crippen LogP contribution in [0.25, 0.3) is 0 Å². The highest BCUT2D eigenvalue weighted by Crippen LogP contribution is 2.19. The van der Waals surface area contributed by atoms with Crippen LogP contribution in [-0.2, 0) is 0 Å². The van der Waals surface area contributed by atoms with Crippen molar-refractivity contribution in [3.05, 3.63) is 24.3 Å². The molecule has 0 unspecified atom stereocenters. The van der Waals surface area contributed by atoms with Gasteiger partial charge in [-0.25, -0.2) is 0 Å². The van der Waals surface area contributed by atoms with Gasteiger partial charge in [0.05, 0.1) is 6.10 Å². The Labute approximate surface area is 124 Å². The van der Waals surface area contributed by atoms with Crippen molar-refractivity contribution in [2.75, 3.05) is 30.0 Å². The first-order chi connectivity index (χ1) is 9.94. The summed E-state index contributed by atoms with van der Waals surface area (Å²) in [4.78, 5) is 14.2. The fraction of sp³-hybridized carbons (Fsp3) is 0.357. The minimum absolute atomic E-state index is 0.0287. The molecule has 2 aromatic rings. The lowest BCUT2D eigenvalue weighted by molar-refractivity contribution is 0.222. The number of ether oxygens (including phenoxy) is 1. The van der Waals surface area contributed by atoms with Gasteiger partial charge >= 0.3 is 6.01 Å². The van der Waals surface area contributed by atoms with Crippen molar-refractivity contribution in [3.8, 4) is 6.01 Å². The molecule has 0 amide bonds. The van der Waals surface area contributed by atoms with Crippen LogP contribution in [0.2, 0.25) is 0 Å². The van der Waals surface area contributed by atoms with Gasteiger partial charge in [-0.2, -0.15) is 15.0 Å². The van der Waals surface area contributed by atoms with Crippen LogP contribution in [0, 0.1) is 0 Å². The van der Waals surface area contributed by atoms with Crippen LogP contribution in [0.4, 0.5) is 23.3 Å².